The molecule has 0 radical (unpaired) electrons. The Labute approximate surface area is 127 Å². The second-order valence-electron chi connectivity index (χ2n) is 4.58. The lowest BCUT2D eigenvalue weighted by Gasteiger charge is -2.13. The van der Waals surface area contributed by atoms with Crippen LogP contribution in [-0.2, 0) is 0 Å². The van der Waals surface area contributed by atoms with Crippen LogP contribution in [-0.4, -0.2) is 17.9 Å². The van der Waals surface area contributed by atoms with Gasteiger partial charge in [-0.05, 0) is 37.1 Å². The van der Waals surface area contributed by atoms with E-state index in [4.69, 9.17) is 4.42 Å². The van der Waals surface area contributed by atoms with Gasteiger partial charge in [0, 0.05) is 6.04 Å². The molecule has 6 heteroatoms. The number of rotatable bonds is 6. The van der Waals surface area contributed by atoms with Gasteiger partial charge in [-0.15, -0.1) is 11.3 Å². The van der Waals surface area contributed by atoms with Gasteiger partial charge in [0.2, 0.25) is 0 Å². The Kier molecular flexibility index (Phi) is 5.16. The zero-order valence-corrected chi connectivity index (χ0v) is 12.8. The van der Waals surface area contributed by atoms with E-state index in [2.05, 4.69) is 10.6 Å². The maximum absolute atomic E-state index is 12.1. The summed E-state index contributed by atoms with van der Waals surface area (Å²) in [5, 5.41) is 6.29. The van der Waals surface area contributed by atoms with Gasteiger partial charge in [0.15, 0.2) is 5.76 Å². The van der Waals surface area contributed by atoms with Crippen molar-refractivity contribution in [3.63, 3.8) is 0 Å². The average molecular weight is 306 g/mol. The highest BCUT2D eigenvalue weighted by atomic mass is 32.1. The van der Waals surface area contributed by atoms with Crippen LogP contribution in [0.3, 0.4) is 0 Å². The lowest BCUT2D eigenvalue weighted by atomic mass is 10.2. The summed E-state index contributed by atoms with van der Waals surface area (Å²) < 4.78 is 5.02. The molecule has 112 valence electrons. The quantitative estimate of drug-likeness (QED) is 0.858. The number of anilines is 1. The van der Waals surface area contributed by atoms with E-state index in [1.807, 2.05) is 13.8 Å². The van der Waals surface area contributed by atoms with Crippen molar-refractivity contribution in [2.75, 3.05) is 5.32 Å². The molecule has 2 rings (SSSR count). The van der Waals surface area contributed by atoms with Crippen LogP contribution < -0.4 is 10.6 Å². The van der Waals surface area contributed by atoms with Gasteiger partial charge in [0.25, 0.3) is 11.8 Å². The second-order valence-corrected chi connectivity index (χ2v) is 5.67. The van der Waals surface area contributed by atoms with Crippen molar-refractivity contribution < 1.29 is 14.0 Å². The third-order valence-electron chi connectivity index (χ3n) is 3.13. The number of hydrogen-bond acceptors (Lipinski definition) is 4. The maximum atomic E-state index is 12.1. The minimum Gasteiger partial charge on any atom is -0.459 e. The Hall–Kier alpha value is -2.08. The molecule has 0 unspecified atom stereocenters. The molecule has 21 heavy (non-hydrogen) atoms. The summed E-state index contributed by atoms with van der Waals surface area (Å²) in [4.78, 5) is 24.5. The van der Waals surface area contributed by atoms with Crippen molar-refractivity contribution in [1.29, 1.82) is 0 Å². The molecule has 0 atom stereocenters. The molecular formula is C15H18N2O3S. The number of carbonyl (C=O) groups is 2. The fourth-order valence-electron chi connectivity index (χ4n) is 1.86. The van der Waals surface area contributed by atoms with E-state index in [1.165, 1.54) is 17.6 Å². The number of carbonyl (C=O) groups excluding carboxylic acids is 2. The summed E-state index contributed by atoms with van der Waals surface area (Å²) in [7, 11) is 0. The normalized spacial score (nSPS) is 10.6. The summed E-state index contributed by atoms with van der Waals surface area (Å²) in [5.41, 5.74) is 0. The molecule has 2 heterocycles. The fourth-order valence-corrected chi connectivity index (χ4v) is 2.66. The SMILES string of the molecule is CCC(CC)NC(=O)c1ccc(NC(=O)c2ccco2)s1. The highest BCUT2D eigenvalue weighted by molar-refractivity contribution is 7.18. The van der Waals surface area contributed by atoms with Gasteiger partial charge in [-0.25, -0.2) is 0 Å². The molecule has 0 fully saturated rings. The van der Waals surface area contributed by atoms with Gasteiger partial charge < -0.3 is 15.1 Å². The summed E-state index contributed by atoms with van der Waals surface area (Å²) in [6, 6.07) is 6.84. The molecule has 2 aromatic heterocycles. The van der Waals surface area contributed by atoms with Gasteiger partial charge in [-0.1, -0.05) is 13.8 Å². The number of hydrogen-bond donors (Lipinski definition) is 2. The van der Waals surface area contributed by atoms with Gasteiger partial charge in [-0.3, -0.25) is 9.59 Å². The van der Waals surface area contributed by atoms with E-state index in [0.29, 0.717) is 9.88 Å². The predicted octanol–water partition coefficient (Wildman–Crippen LogP) is 3.51. The molecule has 0 aliphatic carbocycles. The van der Waals surface area contributed by atoms with E-state index in [-0.39, 0.29) is 23.6 Å². The number of amides is 2. The van der Waals surface area contributed by atoms with Crippen LogP contribution >= 0.6 is 11.3 Å². The molecule has 0 saturated heterocycles. The zero-order chi connectivity index (χ0) is 15.2. The number of thiophene rings is 1. The Bertz CT molecular complexity index is 600. The van der Waals surface area contributed by atoms with Crippen LogP contribution in [0.2, 0.25) is 0 Å². The van der Waals surface area contributed by atoms with Gasteiger partial charge in [0.1, 0.15) is 0 Å². The van der Waals surface area contributed by atoms with Crippen molar-refractivity contribution in [3.8, 4) is 0 Å². The van der Waals surface area contributed by atoms with Crippen LogP contribution in [0, 0.1) is 0 Å². The summed E-state index contributed by atoms with van der Waals surface area (Å²) in [5.74, 6) is -0.188. The van der Waals surface area contributed by atoms with E-state index < -0.39 is 0 Å². The lowest BCUT2D eigenvalue weighted by Crippen LogP contribution is -2.33. The topological polar surface area (TPSA) is 71.3 Å². The molecular weight excluding hydrogens is 288 g/mol. The summed E-state index contributed by atoms with van der Waals surface area (Å²) >= 11 is 1.24. The molecule has 0 bridgehead atoms. The summed E-state index contributed by atoms with van der Waals surface area (Å²) in [6.45, 7) is 4.08. The van der Waals surface area contributed by atoms with Crippen molar-refractivity contribution in [2.24, 2.45) is 0 Å². The largest absolute Gasteiger partial charge is 0.459 e. The van der Waals surface area contributed by atoms with E-state index in [0.717, 1.165) is 12.8 Å². The predicted molar refractivity (Wildman–Crippen MR) is 82.8 cm³/mol. The summed E-state index contributed by atoms with van der Waals surface area (Å²) in [6.07, 6.45) is 3.24. The Balaban J connectivity index is 1.98. The second kappa shape index (κ2) is 7.08. The van der Waals surface area contributed by atoms with Crippen LogP contribution in [0.25, 0.3) is 0 Å². The van der Waals surface area contributed by atoms with Crippen molar-refractivity contribution in [2.45, 2.75) is 32.7 Å². The average Bonchev–Trinajstić information content (AvgIpc) is 3.15. The molecule has 0 spiro atoms. The molecule has 0 aliphatic rings. The van der Waals surface area contributed by atoms with Crippen molar-refractivity contribution in [1.82, 2.24) is 5.32 Å². The van der Waals surface area contributed by atoms with Crippen LogP contribution in [0.15, 0.2) is 34.9 Å². The van der Waals surface area contributed by atoms with Crippen LogP contribution in [0.5, 0.6) is 0 Å². The van der Waals surface area contributed by atoms with Crippen LogP contribution in [0.4, 0.5) is 5.00 Å². The minimum atomic E-state index is -0.325. The molecule has 0 saturated carbocycles. The maximum Gasteiger partial charge on any atom is 0.291 e. The van der Waals surface area contributed by atoms with E-state index >= 15 is 0 Å². The minimum absolute atomic E-state index is 0.104. The van der Waals surface area contributed by atoms with E-state index in [1.54, 1.807) is 24.3 Å². The standard InChI is InChI=1S/C15H18N2O3S/c1-3-10(4-2)16-15(19)12-7-8-13(21-12)17-14(18)11-6-5-9-20-11/h5-10H,3-4H2,1-2H3,(H,16,19)(H,17,18). The van der Waals surface area contributed by atoms with Gasteiger partial charge in [-0.2, -0.15) is 0 Å². The first-order valence-corrected chi connectivity index (χ1v) is 7.71. The Morgan fingerprint density at radius 2 is 1.95 bits per heavy atom. The highest BCUT2D eigenvalue weighted by Crippen LogP contribution is 2.22. The lowest BCUT2D eigenvalue weighted by molar-refractivity contribution is 0.0938. The zero-order valence-electron chi connectivity index (χ0n) is 12.0. The Morgan fingerprint density at radius 1 is 1.19 bits per heavy atom. The first-order chi connectivity index (χ1) is 10.1. The molecule has 0 aliphatic heterocycles. The van der Waals surface area contributed by atoms with Crippen molar-refractivity contribution in [3.05, 3.63) is 41.2 Å². The van der Waals surface area contributed by atoms with E-state index in [9.17, 15) is 9.59 Å². The first-order valence-electron chi connectivity index (χ1n) is 6.89. The van der Waals surface area contributed by atoms with Gasteiger partial charge in [0.05, 0.1) is 16.1 Å². The monoisotopic (exact) mass is 306 g/mol. The first kappa shape index (κ1) is 15.3. The molecule has 2 aromatic rings. The smallest absolute Gasteiger partial charge is 0.291 e. The number of furan rings is 1. The third kappa shape index (κ3) is 3.95. The molecule has 2 N–H and O–H groups in total. The number of nitrogens with one attached hydrogen (secondary N) is 2. The van der Waals surface area contributed by atoms with Gasteiger partial charge >= 0.3 is 0 Å². The molecule has 0 aromatic carbocycles. The highest BCUT2D eigenvalue weighted by Gasteiger charge is 2.15. The fraction of sp³-hybridized carbons (Fsp3) is 0.333. The Morgan fingerprint density at radius 3 is 2.57 bits per heavy atom. The molecule has 2 amide bonds. The van der Waals surface area contributed by atoms with Crippen molar-refractivity contribution >= 4 is 28.2 Å². The molecule has 5 nitrogen and oxygen atoms in total. The van der Waals surface area contributed by atoms with Crippen LogP contribution in [0.1, 0.15) is 46.9 Å². The third-order valence-corrected chi connectivity index (χ3v) is 4.13.